The third-order valence-corrected chi connectivity index (χ3v) is 7.25. The molecule has 6 aromatic carbocycles. The molecule has 0 amide bonds. The zero-order valence-corrected chi connectivity index (χ0v) is 22.6. The summed E-state index contributed by atoms with van der Waals surface area (Å²) in [5, 5.41) is 2.56. The minimum Gasteiger partial charge on any atom is -0.228 e. The van der Waals surface area contributed by atoms with E-state index >= 15 is 0 Å². The summed E-state index contributed by atoms with van der Waals surface area (Å²) in [4.78, 5) is 9.75. The zero-order valence-electron chi connectivity index (χ0n) is 26.8. The number of fused-ring (bicyclic) bond motifs is 1. The van der Waals surface area contributed by atoms with E-state index in [1.807, 2.05) is 115 Å². The molecule has 0 radical (unpaired) electrons. The van der Waals surface area contributed by atoms with Gasteiger partial charge in [0.25, 0.3) is 0 Å². The Morgan fingerprint density at radius 2 is 1.17 bits per heavy atom. The lowest BCUT2D eigenvalue weighted by Gasteiger charge is -2.14. The highest BCUT2D eigenvalue weighted by atomic mass is 35.5. The number of halogens is 1. The van der Waals surface area contributed by atoms with E-state index in [0.717, 1.165) is 44.2 Å². The fraction of sp³-hybridized carbons (Fsp3) is 0. The van der Waals surface area contributed by atoms with Crippen LogP contribution in [0.5, 0.6) is 0 Å². The molecule has 1 aromatic heterocycles. The van der Waals surface area contributed by atoms with Crippen LogP contribution in [0.2, 0.25) is 5.02 Å². The molecule has 0 bridgehead atoms. The Balaban J connectivity index is 1.52. The topological polar surface area (TPSA) is 25.8 Å². The molecule has 0 saturated carbocycles. The summed E-state index contributed by atoms with van der Waals surface area (Å²) in [6, 6.07) is 37.6. The Morgan fingerprint density at radius 3 is 2.00 bits per heavy atom. The summed E-state index contributed by atoms with van der Waals surface area (Å²) >= 11 is 6.37. The Labute approximate surface area is 251 Å². The van der Waals surface area contributed by atoms with Gasteiger partial charge < -0.3 is 0 Å². The molecule has 0 fully saturated rings. The predicted molar refractivity (Wildman–Crippen MR) is 172 cm³/mol. The normalized spacial score (nSPS) is 12.8. The van der Waals surface area contributed by atoms with Crippen LogP contribution >= 0.6 is 11.6 Å². The van der Waals surface area contributed by atoms with E-state index in [2.05, 4.69) is 6.07 Å². The molecule has 0 spiro atoms. The van der Waals surface area contributed by atoms with Gasteiger partial charge in [-0.3, -0.25) is 0 Å². The highest BCUT2D eigenvalue weighted by molar-refractivity contribution is 6.30. The van der Waals surface area contributed by atoms with Crippen LogP contribution < -0.4 is 0 Å². The summed E-state index contributed by atoms with van der Waals surface area (Å²) in [7, 11) is 0. The Hall–Kier alpha value is -5.05. The van der Waals surface area contributed by atoms with Crippen molar-refractivity contribution in [3.05, 3.63) is 157 Å². The molecule has 0 saturated heterocycles. The summed E-state index contributed by atoms with van der Waals surface area (Å²) in [5.41, 5.74) is 6.59. The van der Waals surface area contributed by atoms with Crippen LogP contribution in [0, 0.1) is 0 Å². The first-order valence-corrected chi connectivity index (χ1v) is 13.6. The lowest BCUT2D eigenvalue weighted by Crippen LogP contribution is -1.97. The smallest absolute Gasteiger partial charge is 0.160 e. The molecule has 7 rings (SSSR count). The van der Waals surface area contributed by atoms with Crippen molar-refractivity contribution in [3.8, 4) is 56.2 Å². The van der Waals surface area contributed by atoms with Gasteiger partial charge in [0.1, 0.15) is 0 Å². The van der Waals surface area contributed by atoms with E-state index in [9.17, 15) is 0 Å². The average Bonchev–Trinajstić information content (AvgIpc) is 3.10. The first kappa shape index (κ1) is 19.9. The van der Waals surface area contributed by atoms with Gasteiger partial charge in [-0.15, -0.1) is 0 Å². The standard InChI is InChI=1S/C38H25ClN2/c39-33-19-10-17-29(23-33)32-22-30-15-7-8-20-34(30)35(24-32)37-25-36(40-38(41-37)27-13-5-2-6-14-27)31-18-9-16-28(21-31)26-11-3-1-4-12-26/h1-25H/i2D,5D,6D,13D,14D. The largest absolute Gasteiger partial charge is 0.228 e. The number of hydrogen-bond acceptors (Lipinski definition) is 2. The average molecular weight is 550 g/mol. The molecule has 2 nitrogen and oxygen atoms in total. The molecule has 7 aromatic rings. The van der Waals surface area contributed by atoms with Crippen molar-refractivity contribution in [3.63, 3.8) is 0 Å². The van der Waals surface area contributed by atoms with Crippen LogP contribution in [-0.2, 0) is 0 Å². The minimum atomic E-state index is -0.467. The van der Waals surface area contributed by atoms with Gasteiger partial charge in [0.15, 0.2) is 5.82 Å². The van der Waals surface area contributed by atoms with Crippen molar-refractivity contribution in [2.75, 3.05) is 0 Å². The highest BCUT2D eigenvalue weighted by Crippen LogP contribution is 2.36. The van der Waals surface area contributed by atoms with E-state index in [0.29, 0.717) is 16.4 Å². The zero-order chi connectivity index (χ0) is 31.9. The summed E-state index contributed by atoms with van der Waals surface area (Å²) in [5.74, 6) is 0.0480. The van der Waals surface area contributed by atoms with Gasteiger partial charge >= 0.3 is 0 Å². The van der Waals surface area contributed by atoms with Crippen molar-refractivity contribution in [1.82, 2.24) is 9.97 Å². The van der Waals surface area contributed by atoms with Crippen LogP contribution in [0.4, 0.5) is 0 Å². The van der Waals surface area contributed by atoms with Gasteiger partial charge in [0, 0.05) is 21.7 Å². The van der Waals surface area contributed by atoms with Crippen molar-refractivity contribution >= 4 is 22.4 Å². The predicted octanol–water partition coefficient (Wildman–Crippen LogP) is 10.6. The van der Waals surface area contributed by atoms with E-state index < -0.39 is 18.1 Å². The quantitative estimate of drug-likeness (QED) is 0.213. The van der Waals surface area contributed by atoms with E-state index in [4.69, 9.17) is 28.4 Å². The number of benzene rings is 6. The maximum absolute atomic E-state index is 8.70. The second-order valence-electron chi connectivity index (χ2n) is 9.66. The van der Waals surface area contributed by atoms with Crippen LogP contribution in [0.15, 0.2) is 152 Å². The van der Waals surface area contributed by atoms with E-state index in [1.54, 1.807) is 0 Å². The third-order valence-electron chi connectivity index (χ3n) is 7.01. The first-order valence-electron chi connectivity index (χ1n) is 15.7. The maximum Gasteiger partial charge on any atom is 0.160 e. The highest BCUT2D eigenvalue weighted by Gasteiger charge is 2.15. The molecule has 0 atom stereocenters. The van der Waals surface area contributed by atoms with Crippen LogP contribution in [0.1, 0.15) is 6.85 Å². The lowest BCUT2D eigenvalue weighted by molar-refractivity contribution is 1.18. The fourth-order valence-electron chi connectivity index (χ4n) is 5.05. The van der Waals surface area contributed by atoms with Gasteiger partial charge in [-0.1, -0.05) is 127 Å². The third kappa shape index (κ3) is 5.14. The Kier molecular flexibility index (Phi) is 5.27. The van der Waals surface area contributed by atoms with Crippen molar-refractivity contribution in [2.45, 2.75) is 0 Å². The van der Waals surface area contributed by atoms with E-state index in [-0.39, 0.29) is 23.5 Å². The second kappa shape index (κ2) is 10.8. The van der Waals surface area contributed by atoms with Crippen molar-refractivity contribution in [2.24, 2.45) is 0 Å². The Bertz CT molecular complexity index is 2260. The molecule has 3 heteroatoms. The van der Waals surface area contributed by atoms with Gasteiger partial charge in [0.2, 0.25) is 0 Å². The number of hydrogen-bond donors (Lipinski definition) is 0. The van der Waals surface area contributed by atoms with Gasteiger partial charge in [0.05, 0.1) is 18.2 Å². The molecule has 1 heterocycles. The van der Waals surface area contributed by atoms with Crippen molar-refractivity contribution < 1.29 is 6.85 Å². The summed E-state index contributed by atoms with van der Waals surface area (Å²) < 4.78 is 42.2. The number of nitrogens with zero attached hydrogens (tertiary/aromatic N) is 2. The molecular weight excluding hydrogens is 520 g/mol. The monoisotopic (exact) mass is 549 g/mol. The SMILES string of the molecule is [2H]c1c([2H])c([2H])c(-c2nc(-c3cccc(-c4ccccc4)c3)cc(-c3cc(-c4cccc(Cl)c4)cc4ccccc34)n2)c([2H])c1[2H]. The second-order valence-corrected chi connectivity index (χ2v) is 10.1. The first-order chi connectivity index (χ1) is 22.3. The molecule has 0 N–H and O–H groups in total. The fourth-order valence-corrected chi connectivity index (χ4v) is 5.24. The van der Waals surface area contributed by atoms with E-state index in [1.165, 1.54) is 0 Å². The van der Waals surface area contributed by atoms with Crippen LogP contribution in [0.25, 0.3) is 66.9 Å². The number of aromatic nitrogens is 2. The molecule has 0 aliphatic heterocycles. The Morgan fingerprint density at radius 1 is 0.488 bits per heavy atom. The van der Waals surface area contributed by atoms with Crippen molar-refractivity contribution in [1.29, 1.82) is 0 Å². The molecule has 0 aliphatic carbocycles. The lowest BCUT2D eigenvalue weighted by atomic mass is 9.94. The van der Waals surface area contributed by atoms with Gasteiger partial charge in [-0.05, 0) is 69.4 Å². The maximum atomic E-state index is 8.70. The molecule has 41 heavy (non-hydrogen) atoms. The molecular formula is C38H25ClN2. The summed E-state index contributed by atoms with van der Waals surface area (Å²) in [6.45, 7) is 0. The molecule has 0 aliphatic rings. The van der Waals surface area contributed by atoms with Gasteiger partial charge in [-0.2, -0.15) is 0 Å². The summed E-state index contributed by atoms with van der Waals surface area (Å²) in [6.07, 6.45) is 0. The molecule has 0 unspecified atom stereocenters. The van der Waals surface area contributed by atoms with Gasteiger partial charge in [-0.25, -0.2) is 9.97 Å². The van der Waals surface area contributed by atoms with Crippen LogP contribution in [0.3, 0.4) is 0 Å². The minimum absolute atomic E-state index is 0.0480. The number of rotatable bonds is 5. The van der Waals surface area contributed by atoms with Crippen LogP contribution in [-0.4, -0.2) is 9.97 Å². The molecule has 194 valence electrons.